The average Bonchev–Trinajstić information content (AvgIpc) is 3.31. The van der Waals surface area contributed by atoms with Crippen LogP contribution in [0.15, 0.2) is 103 Å². The minimum absolute atomic E-state index is 0.0263. The summed E-state index contributed by atoms with van der Waals surface area (Å²) in [4.78, 5) is 59.3. The van der Waals surface area contributed by atoms with Gasteiger partial charge in [0.25, 0.3) is 17.7 Å². The molecule has 0 saturated carbocycles. The van der Waals surface area contributed by atoms with E-state index >= 15 is 0 Å². The number of hydrogen-bond acceptors (Lipinski definition) is 6. The van der Waals surface area contributed by atoms with Crippen molar-refractivity contribution in [3.05, 3.63) is 126 Å². The number of nitrogens with one attached hydrogen (secondary N) is 2. The van der Waals surface area contributed by atoms with Gasteiger partial charge in [0.05, 0.1) is 23.8 Å². The maximum Gasteiger partial charge on any atom is 0.305 e. The van der Waals surface area contributed by atoms with Gasteiger partial charge >= 0.3 is 5.97 Å². The quantitative estimate of drug-likeness (QED) is 0.259. The highest BCUT2D eigenvalue weighted by Crippen LogP contribution is 2.30. The number of pyridine rings is 1. The molecule has 1 aliphatic rings. The number of carbonyl (C=O) groups excluding carboxylic acids is 3. The Labute approximate surface area is 255 Å². The van der Waals surface area contributed by atoms with Gasteiger partial charge in [0.1, 0.15) is 0 Å². The molecule has 224 valence electrons. The summed E-state index contributed by atoms with van der Waals surface area (Å²) in [5.41, 5.74) is 3.07. The molecule has 3 aromatic carbocycles. The first kappa shape index (κ1) is 30.0. The Morgan fingerprint density at radius 3 is 2.18 bits per heavy atom. The zero-order chi connectivity index (χ0) is 30.9. The Morgan fingerprint density at radius 1 is 0.773 bits per heavy atom. The molecule has 3 amide bonds. The molecule has 4 aromatic rings. The van der Waals surface area contributed by atoms with Crippen LogP contribution in [-0.4, -0.2) is 64.9 Å². The van der Waals surface area contributed by atoms with E-state index in [9.17, 15) is 24.3 Å². The van der Waals surface area contributed by atoms with E-state index in [1.54, 1.807) is 72.9 Å². The van der Waals surface area contributed by atoms with E-state index in [1.807, 2.05) is 29.2 Å². The number of rotatable bonds is 9. The predicted molar refractivity (Wildman–Crippen MR) is 167 cm³/mol. The zero-order valence-corrected chi connectivity index (χ0v) is 24.1. The van der Waals surface area contributed by atoms with Crippen LogP contribution >= 0.6 is 0 Å². The second-order valence-electron chi connectivity index (χ2n) is 10.5. The number of benzene rings is 3. The van der Waals surface area contributed by atoms with Crippen molar-refractivity contribution in [2.24, 2.45) is 0 Å². The number of nitrogens with zero attached hydrogens (tertiary/aromatic N) is 3. The van der Waals surface area contributed by atoms with Crippen LogP contribution in [-0.2, 0) is 4.79 Å². The molecule has 0 aliphatic carbocycles. The molecule has 2 heterocycles. The first-order valence-electron chi connectivity index (χ1n) is 14.4. The minimum Gasteiger partial charge on any atom is -0.481 e. The minimum atomic E-state index is -1.06. The van der Waals surface area contributed by atoms with Gasteiger partial charge < -0.3 is 25.5 Å². The van der Waals surface area contributed by atoms with Crippen LogP contribution < -0.4 is 15.5 Å². The molecule has 44 heavy (non-hydrogen) atoms. The van der Waals surface area contributed by atoms with Crippen molar-refractivity contribution in [2.75, 3.05) is 36.4 Å². The lowest BCUT2D eigenvalue weighted by molar-refractivity contribution is -0.137. The van der Waals surface area contributed by atoms with Crippen LogP contribution in [0.5, 0.6) is 0 Å². The summed E-state index contributed by atoms with van der Waals surface area (Å²) in [5.74, 6) is -1.91. The van der Waals surface area contributed by atoms with Crippen molar-refractivity contribution >= 4 is 35.1 Å². The van der Waals surface area contributed by atoms with Crippen molar-refractivity contribution in [1.82, 2.24) is 15.2 Å². The molecule has 0 bridgehead atoms. The highest BCUT2D eigenvalue weighted by atomic mass is 16.4. The van der Waals surface area contributed by atoms with Crippen LogP contribution in [0.25, 0.3) is 0 Å². The lowest BCUT2D eigenvalue weighted by atomic mass is 10.0. The molecular weight excluding hydrogens is 558 g/mol. The second kappa shape index (κ2) is 14.1. The lowest BCUT2D eigenvalue weighted by Gasteiger charge is -2.27. The third-order valence-electron chi connectivity index (χ3n) is 7.46. The topological polar surface area (TPSA) is 132 Å². The Morgan fingerprint density at radius 2 is 1.50 bits per heavy atom. The standard InChI is InChI=1S/C34H33N5O5/c40-31(41)22-28(27-13-7-16-35-23-27)36-33(43)26-14-15-30(29(21-26)37-32(42)24-9-3-1-4-10-24)38-17-8-18-39(20-19-38)34(44)25-11-5-2-6-12-25/h1-7,9-16,21,23,28H,8,17-20,22H2,(H,36,43)(H,37,42)(H,40,41). The van der Waals surface area contributed by atoms with E-state index in [-0.39, 0.29) is 23.8 Å². The number of anilines is 2. The molecule has 1 atom stereocenters. The number of hydrogen-bond donors (Lipinski definition) is 3. The fourth-order valence-electron chi connectivity index (χ4n) is 5.21. The van der Waals surface area contributed by atoms with Crippen LogP contribution in [0.3, 0.4) is 0 Å². The molecule has 0 spiro atoms. The fraction of sp³-hybridized carbons (Fsp3) is 0.206. The van der Waals surface area contributed by atoms with E-state index in [4.69, 9.17) is 0 Å². The third kappa shape index (κ3) is 7.46. The Balaban J connectivity index is 1.40. The van der Waals surface area contributed by atoms with Gasteiger partial charge in [-0.15, -0.1) is 0 Å². The molecule has 10 nitrogen and oxygen atoms in total. The molecule has 1 saturated heterocycles. The largest absolute Gasteiger partial charge is 0.481 e. The highest BCUT2D eigenvalue weighted by molar-refractivity contribution is 6.07. The average molecular weight is 592 g/mol. The van der Waals surface area contributed by atoms with Crippen LogP contribution in [0.1, 0.15) is 55.5 Å². The molecule has 0 radical (unpaired) electrons. The van der Waals surface area contributed by atoms with Crippen molar-refractivity contribution in [3.63, 3.8) is 0 Å². The third-order valence-corrected chi connectivity index (χ3v) is 7.46. The molecular formula is C34H33N5O5. The van der Waals surface area contributed by atoms with Gasteiger partial charge in [-0.25, -0.2) is 0 Å². The predicted octanol–water partition coefficient (Wildman–Crippen LogP) is 4.63. The van der Waals surface area contributed by atoms with E-state index in [0.29, 0.717) is 54.2 Å². The Bertz CT molecular complexity index is 1620. The number of aromatic nitrogens is 1. The fourth-order valence-corrected chi connectivity index (χ4v) is 5.21. The maximum atomic E-state index is 13.4. The first-order chi connectivity index (χ1) is 21.4. The summed E-state index contributed by atoms with van der Waals surface area (Å²) < 4.78 is 0. The van der Waals surface area contributed by atoms with Crippen LogP contribution in [0.2, 0.25) is 0 Å². The summed E-state index contributed by atoms with van der Waals surface area (Å²) in [5, 5.41) is 15.2. The summed E-state index contributed by atoms with van der Waals surface area (Å²) in [7, 11) is 0. The number of carbonyl (C=O) groups is 4. The van der Waals surface area contributed by atoms with Crippen LogP contribution in [0.4, 0.5) is 11.4 Å². The summed E-state index contributed by atoms with van der Waals surface area (Å²) in [6, 6.07) is 25.6. The van der Waals surface area contributed by atoms with E-state index in [0.717, 1.165) is 6.42 Å². The molecule has 3 N–H and O–H groups in total. The number of aliphatic carboxylic acids is 1. The monoisotopic (exact) mass is 591 g/mol. The summed E-state index contributed by atoms with van der Waals surface area (Å²) in [6.45, 7) is 2.25. The van der Waals surface area contributed by atoms with Gasteiger partial charge in [-0.1, -0.05) is 42.5 Å². The normalized spacial score (nSPS) is 13.8. The van der Waals surface area contributed by atoms with Gasteiger partial charge in [-0.2, -0.15) is 0 Å². The van der Waals surface area contributed by atoms with E-state index in [2.05, 4.69) is 20.5 Å². The summed E-state index contributed by atoms with van der Waals surface area (Å²) in [6.07, 6.45) is 3.49. The van der Waals surface area contributed by atoms with Crippen molar-refractivity contribution < 1.29 is 24.3 Å². The Kier molecular flexibility index (Phi) is 9.61. The van der Waals surface area contributed by atoms with Crippen molar-refractivity contribution in [2.45, 2.75) is 18.9 Å². The molecule has 1 unspecified atom stereocenters. The number of amides is 3. The van der Waals surface area contributed by atoms with Crippen molar-refractivity contribution in [3.8, 4) is 0 Å². The van der Waals surface area contributed by atoms with E-state index < -0.39 is 17.9 Å². The van der Waals surface area contributed by atoms with Crippen LogP contribution in [0, 0.1) is 0 Å². The molecule has 1 aliphatic heterocycles. The molecule has 10 heteroatoms. The number of carboxylic acid groups (broad SMARTS) is 1. The summed E-state index contributed by atoms with van der Waals surface area (Å²) >= 11 is 0. The van der Waals surface area contributed by atoms with Gasteiger partial charge in [0.15, 0.2) is 0 Å². The van der Waals surface area contributed by atoms with Crippen molar-refractivity contribution in [1.29, 1.82) is 0 Å². The highest BCUT2D eigenvalue weighted by Gasteiger charge is 2.24. The van der Waals surface area contributed by atoms with Gasteiger partial charge in [-0.05, 0) is 60.5 Å². The SMILES string of the molecule is O=C(O)CC(NC(=O)c1ccc(N2CCCN(C(=O)c3ccccc3)CC2)c(NC(=O)c2ccccc2)c1)c1cccnc1. The van der Waals surface area contributed by atoms with Gasteiger partial charge in [0.2, 0.25) is 0 Å². The smallest absolute Gasteiger partial charge is 0.305 e. The lowest BCUT2D eigenvalue weighted by Crippen LogP contribution is -2.35. The maximum absolute atomic E-state index is 13.4. The van der Waals surface area contributed by atoms with E-state index in [1.165, 1.54) is 6.20 Å². The van der Waals surface area contributed by atoms with Gasteiger partial charge in [-0.3, -0.25) is 24.2 Å². The first-order valence-corrected chi connectivity index (χ1v) is 14.4. The molecule has 1 fully saturated rings. The Hall–Kier alpha value is -5.51. The number of carboxylic acids is 1. The van der Waals surface area contributed by atoms with Gasteiger partial charge in [0, 0.05) is 55.3 Å². The zero-order valence-electron chi connectivity index (χ0n) is 24.1. The second-order valence-corrected chi connectivity index (χ2v) is 10.5. The molecule has 5 rings (SSSR count). The molecule has 1 aromatic heterocycles.